The molecule has 0 spiro atoms. The first kappa shape index (κ1) is 9.10. The minimum Gasteiger partial charge on any atom is -0.241 e. The average molecular weight is 173 g/mol. The number of benzene rings is 1. The molecule has 0 saturated heterocycles. The number of alkyl halides is 3. The van der Waals surface area contributed by atoms with Crippen LogP contribution in [0.2, 0.25) is 0 Å². The highest BCUT2D eigenvalue weighted by Gasteiger charge is 2.38. The van der Waals surface area contributed by atoms with Gasteiger partial charge in [0, 0.05) is 5.56 Å². The van der Waals surface area contributed by atoms with Crippen molar-refractivity contribution in [3.05, 3.63) is 35.9 Å². The topological polar surface area (TPSA) is 0 Å². The Morgan fingerprint density at radius 1 is 1.33 bits per heavy atom. The molecule has 0 bridgehead atoms. The zero-order valence-electron chi connectivity index (χ0n) is 6.52. The summed E-state index contributed by atoms with van der Waals surface area (Å²) >= 11 is 0. The van der Waals surface area contributed by atoms with Crippen LogP contribution in [0.4, 0.5) is 13.2 Å². The molecular weight excluding hydrogens is 165 g/mol. The first-order chi connectivity index (χ1) is 5.55. The molecule has 3 heteroatoms. The Hall–Kier alpha value is -0.990. The van der Waals surface area contributed by atoms with Crippen molar-refractivity contribution in [3.63, 3.8) is 0 Å². The molecule has 65 valence electrons. The zero-order valence-corrected chi connectivity index (χ0v) is 6.52. The maximum Gasteiger partial charge on any atom is 0.303 e. The molecule has 1 atom stereocenters. The normalized spacial score (nSPS) is 14.3. The van der Waals surface area contributed by atoms with Gasteiger partial charge in [0.25, 0.3) is 0 Å². The molecular formula is C9H8F3. The number of hydrogen-bond acceptors (Lipinski definition) is 0. The largest absolute Gasteiger partial charge is 0.303 e. The summed E-state index contributed by atoms with van der Waals surface area (Å²) in [5.41, 5.74) is -0.309. The SMILES string of the molecule is CC(F)C(F)(F)c1cc[c]cc1. The van der Waals surface area contributed by atoms with Crippen LogP contribution in [-0.2, 0) is 5.92 Å². The van der Waals surface area contributed by atoms with Gasteiger partial charge < -0.3 is 0 Å². The summed E-state index contributed by atoms with van der Waals surface area (Å²) in [5, 5.41) is 0. The predicted octanol–water partition coefficient (Wildman–Crippen LogP) is 2.94. The van der Waals surface area contributed by atoms with Crippen molar-refractivity contribution in [1.82, 2.24) is 0 Å². The van der Waals surface area contributed by atoms with Gasteiger partial charge in [0.05, 0.1) is 0 Å². The summed E-state index contributed by atoms with van der Waals surface area (Å²) in [6.45, 7) is 0.844. The van der Waals surface area contributed by atoms with Crippen molar-refractivity contribution in [2.75, 3.05) is 0 Å². The summed E-state index contributed by atoms with van der Waals surface area (Å²) in [5.74, 6) is -3.39. The van der Waals surface area contributed by atoms with Gasteiger partial charge in [-0.3, -0.25) is 0 Å². The van der Waals surface area contributed by atoms with E-state index in [1.54, 1.807) is 0 Å². The average Bonchev–Trinajstić information content (AvgIpc) is 2.06. The molecule has 1 aromatic carbocycles. The highest BCUT2D eigenvalue weighted by molar-refractivity contribution is 5.20. The van der Waals surface area contributed by atoms with Gasteiger partial charge in [-0.2, -0.15) is 8.78 Å². The van der Waals surface area contributed by atoms with Crippen LogP contribution in [0.15, 0.2) is 24.3 Å². The Morgan fingerprint density at radius 2 is 1.83 bits per heavy atom. The summed E-state index contributed by atoms with van der Waals surface area (Å²) in [4.78, 5) is 0. The summed E-state index contributed by atoms with van der Waals surface area (Å²) in [6, 6.07) is 7.59. The molecule has 0 N–H and O–H groups in total. The lowest BCUT2D eigenvalue weighted by atomic mass is 10.1. The molecule has 0 amide bonds. The van der Waals surface area contributed by atoms with E-state index < -0.39 is 12.1 Å². The zero-order chi connectivity index (χ0) is 9.19. The highest BCUT2D eigenvalue weighted by atomic mass is 19.3. The van der Waals surface area contributed by atoms with Crippen LogP contribution in [0.25, 0.3) is 0 Å². The first-order valence-corrected chi connectivity index (χ1v) is 3.53. The molecule has 0 aliphatic heterocycles. The molecule has 0 nitrogen and oxygen atoms in total. The smallest absolute Gasteiger partial charge is 0.241 e. The monoisotopic (exact) mass is 173 g/mol. The fourth-order valence-electron chi connectivity index (χ4n) is 0.839. The van der Waals surface area contributed by atoms with E-state index in [-0.39, 0.29) is 5.56 Å². The van der Waals surface area contributed by atoms with E-state index in [9.17, 15) is 13.2 Å². The second kappa shape index (κ2) is 3.17. The summed E-state index contributed by atoms with van der Waals surface area (Å²) in [7, 11) is 0. The second-order valence-electron chi connectivity index (χ2n) is 2.53. The standard InChI is InChI=1S/C9H8F3/c1-7(10)9(11,12)8-5-3-2-4-6-8/h3-7H,1H3. The van der Waals surface area contributed by atoms with E-state index in [1.165, 1.54) is 12.1 Å². The van der Waals surface area contributed by atoms with Crippen molar-refractivity contribution in [1.29, 1.82) is 0 Å². The molecule has 0 aromatic heterocycles. The van der Waals surface area contributed by atoms with Crippen LogP contribution in [0.3, 0.4) is 0 Å². The Bertz CT molecular complexity index is 241. The molecule has 0 aliphatic carbocycles. The maximum atomic E-state index is 12.9. The third-order valence-corrected chi connectivity index (χ3v) is 1.60. The first-order valence-electron chi connectivity index (χ1n) is 3.53. The minimum absolute atomic E-state index is 0.309. The van der Waals surface area contributed by atoms with Crippen molar-refractivity contribution in [2.24, 2.45) is 0 Å². The van der Waals surface area contributed by atoms with Crippen LogP contribution in [0.5, 0.6) is 0 Å². The summed E-state index contributed by atoms with van der Waals surface area (Å²) < 4.78 is 38.2. The van der Waals surface area contributed by atoms with Crippen molar-refractivity contribution in [3.8, 4) is 0 Å². The van der Waals surface area contributed by atoms with Gasteiger partial charge in [0.2, 0.25) is 0 Å². The quantitative estimate of drug-likeness (QED) is 0.645. The van der Waals surface area contributed by atoms with Gasteiger partial charge in [-0.25, -0.2) is 4.39 Å². The van der Waals surface area contributed by atoms with Gasteiger partial charge in [-0.05, 0) is 13.0 Å². The number of halogens is 3. The van der Waals surface area contributed by atoms with Gasteiger partial charge in [-0.1, -0.05) is 24.3 Å². The molecule has 0 saturated carbocycles. The Balaban J connectivity index is 2.98. The van der Waals surface area contributed by atoms with Gasteiger partial charge in [0.15, 0.2) is 6.17 Å². The third-order valence-electron chi connectivity index (χ3n) is 1.60. The molecule has 0 heterocycles. The van der Waals surface area contributed by atoms with Gasteiger partial charge in [-0.15, -0.1) is 0 Å². The summed E-state index contributed by atoms with van der Waals surface area (Å²) in [6.07, 6.45) is -2.17. The fraction of sp³-hybridized carbons (Fsp3) is 0.333. The van der Waals surface area contributed by atoms with Crippen LogP contribution in [0.1, 0.15) is 12.5 Å². The van der Waals surface area contributed by atoms with Crippen molar-refractivity contribution < 1.29 is 13.2 Å². The van der Waals surface area contributed by atoms with Crippen LogP contribution >= 0.6 is 0 Å². The van der Waals surface area contributed by atoms with Crippen LogP contribution in [0, 0.1) is 6.07 Å². The van der Waals surface area contributed by atoms with Crippen LogP contribution in [-0.4, -0.2) is 6.17 Å². The number of rotatable bonds is 2. The van der Waals surface area contributed by atoms with E-state index in [1.807, 2.05) is 0 Å². The lowest BCUT2D eigenvalue weighted by Crippen LogP contribution is -2.24. The Kier molecular flexibility index (Phi) is 2.40. The van der Waals surface area contributed by atoms with Crippen molar-refractivity contribution >= 4 is 0 Å². The lowest BCUT2D eigenvalue weighted by Gasteiger charge is -2.17. The second-order valence-corrected chi connectivity index (χ2v) is 2.53. The molecule has 0 fully saturated rings. The highest BCUT2D eigenvalue weighted by Crippen LogP contribution is 2.32. The Morgan fingerprint density at radius 3 is 2.25 bits per heavy atom. The molecule has 1 radical (unpaired) electrons. The molecule has 1 aromatic rings. The number of hydrogen-bond donors (Lipinski definition) is 0. The minimum atomic E-state index is -3.39. The lowest BCUT2D eigenvalue weighted by molar-refractivity contribution is -0.0712. The molecule has 1 unspecified atom stereocenters. The third kappa shape index (κ3) is 1.60. The van der Waals surface area contributed by atoms with E-state index >= 15 is 0 Å². The Labute approximate surface area is 69.0 Å². The maximum absolute atomic E-state index is 12.9. The van der Waals surface area contributed by atoms with Crippen molar-refractivity contribution in [2.45, 2.75) is 19.0 Å². The van der Waals surface area contributed by atoms with E-state index in [4.69, 9.17) is 0 Å². The van der Waals surface area contributed by atoms with Crippen LogP contribution < -0.4 is 0 Å². The fourth-order valence-corrected chi connectivity index (χ4v) is 0.839. The van der Waals surface area contributed by atoms with Gasteiger partial charge >= 0.3 is 5.92 Å². The molecule has 0 aliphatic rings. The molecule has 12 heavy (non-hydrogen) atoms. The van der Waals surface area contributed by atoms with E-state index in [2.05, 4.69) is 6.07 Å². The molecule has 1 rings (SSSR count). The van der Waals surface area contributed by atoms with E-state index in [0.29, 0.717) is 0 Å². The van der Waals surface area contributed by atoms with Gasteiger partial charge in [0.1, 0.15) is 0 Å². The van der Waals surface area contributed by atoms with E-state index in [0.717, 1.165) is 19.1 Å². The predicted molar refractivity (Wildman–Crippen MR) is 39.7 cm³/mol.